The van der Waals surface area contributed by atoms with Gasteiger partial charge in [-0.1, -0.05) is 11.6 Å². The quantitative estimate of drug-likeness (QED) is 0.846. The molecule has 3 heterocycles. The van der Waals surface area contributed by atoms with E-state index in [-0.39, 0.29) is 0 Å². The van der Waals surface area contributed by atoms with E-state index in [1.54, 1.807) is 15.1 Å². The molecule has 3 rings (SSSR count). The van der Waals surface area contributed by atoms with Crippen LogP contribution in [0.3, 0.4) is 0 Å². The highest BCUT2D eigenvalue weighted by atomic mass is 35.5. The van der Waals surface area contributed by atoms with Gasteiger partial charge in [-0.2, -0.15) is 9.40 Å². The van der Waals surface area contributed by atoms with E-state index in [9.17, 15) is 8.42 Å². The van der Waals surface area contributed by atoms with Crippen LogP contribution in [0.25, 0.3) is 0 Å². The van der Waals surface area contributed by atoms with Crippen molar-refractivity contribution in [2.45, 2.75) is 29.9 Å². The van der Waals surface area contributed by atoms with Crippen LogP contribution in [-0.2, 0) is 17.1 Å². The van der Waals surface area contributed by atoms with Crippen molar-refractivity contribution in [1.29, 1.82) is 0 Å². The highest BCUT2D eigenvalue weighted by molar-refractivity contribution is 7.91. The first-order valence-electron chi connectivity index (χ1n) is 7.12. The first kappa shape index (κ1) is 16.0. The second-order valence-corrected chi connectivity index (χ2v) is 9.47. The molecule has 1 fully saturated rings. The van der Waals surface area contributed by atoms with Crippen molar-refractivity contribution in [3.05, 3.63) is 33.9 Å². The molecule has 0 atom stereocenters. The van der Waals surface area contributed by atoms with Crippen LogP contribution < -0.4 is 0 Å². The number of aromatic nitrogens is 2. The lowest BCUT2D eigenvalue weighted by Crippen LogP contribution is -2.37. The largest absolute Gasteiger partial charge is 0.276 e. The Morgan fingerprint density at radius 3 is 2.55 bits per heavy atom. The van der Waals surface area contributed by atoms with Gasteiger partial charge in [0.15, 0.2) is 0 Å². The number of thiophene rings is 1. The summed E-state index contributed by atoms with van der Waals surface area (Å²) in [5.74, 6) is 0.383. The van der Waals surface area contributed by atoms with Gasteiger partial charge in [0, 0.05) is 26.3 Å². The van der Waals surface area contributed by atoms with Gasteiger partial charge in [0.25, 0.3) is 10.0 Å². The van der Waals surface area contributed by atoms with Crippen LogP contribution in [0.1, 0.15) is 29.9 Å². The molecule has 5 nitrogen and oxygen atoms in total. The van der Waals surface area contributed by atoms with Crippen molar-refractivity contribution in [2.75, 3.05) is 13.1 Å². The molecule has 1 aliphatic rings. The molecule has 2 aromatic heterocycles. The van der Waals surface area contributed by atoms with E-state index in [1.807, 2.05) is 26.4 Å². The van der Waals surface area contributed by atoms with Crippen LogP contribution in [0.2, 0.25) is 4.34 Å². The summed E-state index contributed by atoms with van der Waals surface area (Å²) in [5, 5.41) is 4.19. The Morgan fingerprint density at radius 1 is 1.36 bits per heavy atom. The second-order valence-electron chi connectivity index (χ2n) is 5.65. The first-order valence-corrected chi connectivity index (χ1v) is 9.76. The standard InChI is InChI=1S/C14H18ClN3O2S2/c1-10-7-13(21-14(10)15)22(19,20)18-5-3-11(4-6-18)12-8-16-17(2)9-12/h7-9,11H,3-6H2,1-2H3. The van der Waals surface area contributed by atoms with Crippen molar-refractivity contribution in [3.8, 4) is 0 Å². The molecular weight excluding hydrogens is 342 g/mol. The summed E-state index contributed by atoms with van der Waals surface area (Å²) in [6.07, 6.45) is 5.53. The predicted octanol–water partition coefficient (Wildman–Crippen LogP) is 3.01. The zero-order valence-electron chi connectivity index (χ0n) is 12.5. The highest BCUT2D eigenvalue weighted by Gasteiger charge is 2.31. The highest BCUT2D eigenvalue weighted by Crippen LogP contribution is 2.35. The molecule has 1 aliphatic heterocycles. The summed E-state index contributed by atoms with van der Waals surface area (Å²) in [7, 11) is -1.52. The minimum Gasteiger partial charge on any atom is -0.276 e. The maximum atomic E-state index is 12.7. The lowest BCUT2D eigenvalue weighted by Gasteiger charge is -2.30. The molecule has 120 valence electrons. The molecule has 0 amide bonds. The molecular formula is C14H18ClN3O2S2. The third-order valence-corrected chi connectivity index (χ3v) is 7.98. The Balaban J connectivity index is 1.73. The van der Waals surface area contributed by atoms with E-state index >= 15 is 0 Å². The fourth-order valence-electron chi connectivity index (χ4n) is 2.77. The van der Waals surface area contributed by atoms with Crippen molar-refractivity contribution in [3.63, 3.8) is 0 Å². The molecule has 1 saturated heterocycles. The van der Waals surface area contributed by atoms with E-state index in [0.717, 1.165) is 29.7 Å². The number of rotatable bonds is 3. The number of sulfonamides is 1. The van der Waals surface area contributed by atoms with E-state index < -0.39 is 10.0 Å². The topological polar surface area (TPSA) is 55.2 Å². The summed E-state index contributed by atoms with van der Waals surface area (Å²) in [6.45, 7) is 2.90. The minimum atomic E-state index is -3.42. The lowest BCUT2D eigenvalue weighted by atomic mass is 9.93. The average molecular weight is 360 g/mol. The molecule has 0 aliphatic carbocycles. The van der Waals surface area contributed by atoms with Gasteiger partial charge in [0.1, 0.15) is 4.21 Å². The van der Waals surface area contributed by atoms with Gasteiger partial charge in [-0.05, 0) is 42.9 Å². The van der Waals surface area contributed by atoms with E-state index in [0.29, 0.717) is 27.6 Å². The summed E-state index contributed by atoms with van der Waals surface area (Å²) in [5.41, 5.74) is 2.00. The van der Waals surface area contributed by atoms with Gasteiger partial charge in [-0.25, -0.2) is 8.42 Å². The summed E-state index contributed by atoms with van der Waals surface area (Å²) in [6, 6.07) is 1.66. The molecule has 2 aromatic rings. The molecule has 22 heavy (non-hydrogen) atoms. The summed E-state index contributed by atoms with van der Waals surface area (Å²) >= 11 is 7.14. The van der Waals surface area contributed by atoms with Crippen molar-refractivity contribution in [1.82, 2.24) is 14.1 Å². The average Bonchev–Trinajstić information content (AvgIpc) is 3.06. The monoisotopic (exact) mass is 359 g/mol. The van der Waals surface area contributed by atoms with Gasteiger partial charge in [0.05, 0.1) is 10.5 Å². The van der Waals surface area contributed by atoms with Crippen LogP contribution in [0.15, 0.2) is 22.7 Å². The number of aryl methyl sites for hydroxylation is 2. The maximum absolute atomic E-state index is 12.7. The number of halogens is 1. The van der Waals surface area contributed by atoms with Gasteiger partial charge >= 0.3 is 0 Å². The normalized spacial score (nSPS) is 18.0. The Kier molecular flexibility index (Phi) is 4.33. The Morgan fingerprint density at radius 2 is 2.05 bits per heavy atom. The van der Waals surface area contributed by atoms with Gasteiger partial charge in [-0.15, -0.1) is 11.3 Å². The number of piperidine rings is 1. The lowest BCUT2D eigenvalue weighted by molar-refractivity contribution is 0.320. The Bertz CT molecular complexity index is 754. The Labute approximate surface area is 139 Å². The summed E-state index contributed by atoms with van der Waals surface area (Å²) in [4.78, 5) is 0. The molecule has 0 bridgehead atoms. The van der Waals surface area contributed by atoms with Crippen LogP contribution in [0.5, 0.6) is 0 Å². The fraction of sp³-hybridized carbons (Fsp3) is 0.500. The van der Waals surface area contributed by atoms with Crippen LogP contribution in [-0.4, -0.2) is 35.6 Å². The Hall–Kier alpha value is -0.890. The van der Waals surface area contributed by atoms with Crippen molar-refractivity contribution >= 4 is 33.0 Å². The number of hydrogen-bond donors (Lipinski definition) is 0. The molecule has 0 radical (unpaired) electrons. The number of nitrogens with zero attached hydrogens (tertiary/aromatic N) is 3. The zero-order chi connectivity index (χ0) is 15.9. The van der Waals surface area contributed by atoms with E-state index in [1.165, 1.54) is 5.56 Å². The molecule has 0 saturated carbocycles. The molecule has 8 heteroatoms. The van der Waals surface area contributed by atoms with Crippen LogP contribution >= 0.6 is 22.9 Å². The van der Waals surface area contributed by atoms with Gasteiger partial charge < -0.3 is 0 Å². The second kappa shape index (κ2) is 5.96. The molecule has 0 N–H and O–H groups in total. The number of hydrogen-bond acceptors (Lipinski definition) is 4. The van der Waals surface area contributed by atoms with Crippen LogP contribution in [0, 0.1) is 6.92 Å². The van der Waals surface area contributed by atoms with E-state index in [4.69, 9.17) is 11.6 Å². The smallest absolute Gasteiger partial charge is 0.252 e. The molecule has 0 aromatic carbocycles. The maximum Gasteiger partial charge on any atom is 0.252 e. The molecule has 0 unspecified atom stereocenters. The van der Waals surface area contributed by atoms with Gasteiger partial charge in [-0.3, -0.25) is 4.68 Å². The van der Waals surface area contributed by atoms with E-state index in [2.05, 4.69) is 5.10 Å². The van der Waals surface area contributed by atoms with Crippen molar-refractivity contribution in [2.24, 2.45) is 7.05 Å². The third kappa shape index (κ3) is 2.95. The predicted molar refractivity (Wildman–Crippen MR) is 88.0 cm³/mol. The first-order chi connectivity index (χ1) is 10.4. The summed E-state index contributed by atoms with van der Waals surface area (Å²) < 4.78 is 29.6. The van der Waals surface area contributed by atoms with Gasteiger partial charge in [0.2, 0.25) is 0 Å². The fourth-order valence-corrected chi connectivity index (χ4v) is 6.10. The SMILES string of the molecule is Cc1cc(S(=O)(=O)N2CCC(c3cnn(C)c3)CC2)sc1Cl. The van der Waals surface area contributed by atoms with Crippen molar-refractivity contribution < 1.29 is 8.42 Å². The molecule has 0 spiro atoms. The third-order valence-electron chi connectivity index (χ3n) is 4.08. The minimum absolute atomic E-state index is 0.342. The zero-order valence-corrected chi connectivity index (χ0v) is 14.9. The van der Waals surface area contributed by atoms with Crippen LogP contribution in [0.4, 0.5) is 0 Å².